The Kier molecular flexibility index (Phi) is 17.9. The molecular formula is C12H24BrFO3. The first kappa shape index (κ1) is 19.2. The number of carbonyl (C=O) groups is 1. The SMILES string of the molecule is CCCCCC(O)F.O=C(O)CCCCCBr. The monoisotopic (exact) mass is 314 g/mol. The molecule has 3 nitrogen and oxygen atoms in total. The summed E-state index contributed by atoms with van der Waals surface area (Å²) in [6, 6.07) is 0. The molecule has 0 heterocycles. The zero-order chi connectivity index (χ0) is 13.5. The van der Waals surface area contributed by atoms with Gasteiger partial charge in [-0.05, 0) is 19.3 Å². The van der Waals surface area contributed by atoms with Crippen LogP contribution in [0.15, 0.2) is 0 Å². The van der Waals surface area contributed by atoms with E-state index >= 15 is 0 Å². The summed E-state index contributed by atoms with van der Waals surface area (Å²) in [6.45, 7) is 2.05. The average molecular weight is 315 g/mol. The van der Waals surface area contributed by atoms with Gasteiger partial charge in [-0.2, -0.15) is 0 Å². The van der Waals surface area contributed by atoms with Crippen LogP contribution in [0.5, 0.6) is 0 Å². The molecular weight excluding hydrogens is 291 g/mol. The molecule has 5 heteroatoms. The topological polar surface area (TPSA) is 57.5 Å². The lowest BCUT2D eigenvalue weighted by molar-refractivity contribution is -0.137. The van der Waals surface area contributed by atoms with Gasteiger partial charge in [0, 0.05) is 18.2 Å². The van der Waals surface area contributed by atoms with E-state index in [0.717, 1.165) is 43.9 Å². The summed E-state index contributed by atoms with van der Waals surface area (Å²) in [7, 11) is 0. The summed E-state index contributed by atoms with van der Waals surface area (Å²) in [5.74, 6) is -0.690. The largest absolute Gasteiger partial charge is 0.481 e. The number of carboxylic acids is 1. The molecule has 17 heavy (non-hydrogen) atoms. The van der Waals surface area contributed by atoms with Crippen molar-refractivity contribution in [1.82, 2.24) is 0 Å². The molecule has 0 rings (SSSR count). The van der Waals surface area contributed by atoms with Crippen molar-refractivity contribution >= 4 is 21.9 Å². The lowest BCUT2D eigenvalue weighted by atomic mass is 10.2. The number of hydrogen-bond donors (Lipinski definition) is 2. The Morgan fingerprint density at radius 3 is 2.29 bits per heavy atom. The minimum atomic E-state index is -1.60. The van der Waals surface area contributed by atoms with E-state index in [2.05, 4.69) is 15.9 Å². The normalized spacial score (nSPS) is 11.5. The Hall–Kier alpha value is -0.160. The van der Waals surface area contributed by atoms with Crippen LogP contribution in [-0.4, -0.2) is 27.9 Å². The van der Waals surface area contributed by atoms with Gasteiger partial charge >= 0.3 is 5.97 Å². The third-order valence-electron chi connectivity index (χ3n) is 2.07. The molecule has 0 aliphatic carbocycles. The number of rotatable bonds is 9. The molecule has 0 saturated carbocycles. The van der Waals surface area contributed by atoms with E-state index in [1.165, 1.54) is 0 Å². The van der Waals surface area contributed by atoms with Crippen LogP contribution in [0.25, 0.3) is 0 Å². The molecule has 0 fully saturated rings. The lowest BCUT2D eigenvalue weighted by Crippen LogP contribution is -1.95. The van der Waals surface area contributed by atoms with Crippen molar-refractivity contribution in [2.75, 3.05) is 5.33 Å². The number of aliphatic hydroxyl groups is 1. The standard InChI is InChI=1S/C6H11BrO2.C6H13FO/c7-5-3-1-2-4-6(8)9;1-2-3-4-5-6(7)8/h1-5H2,(H,8,9);6,8H,2-5H2,1H3. The van der Waals surface area contributed by atoms with Gasteiger partial charge in [0.05, 0.1) is 0 Å². The number of aliphatic carboxylic acids is 1. The number of aliphatic hydroxyl groups excluding tert-OH is 1. The zero-order valence-electron chi connectivity index (χ0n) is 10.5. The van der Waals surface area contributed by atoms with E-state index in [0.29, 0.717) is 12.8 Å². The Balaban J connectivity index is 0. The fraction of sp³-hybridized carbons (Fsp3) is 0.917. The Bertz CT molecular complexity index is 166. The second-order valence-electron chi connectivity index (χ2n) is 3.82. The van der Waals surface area contributed by atoms with Crippen LogP contribution in [0.3, 0.4) is 0 Å². The van der Waals surface area contributed by atoms with Crippen LogP contribution >= 0.6 is 15.9 Å². The number of carboxylic acid groups (broad SMARTS) is 1. The number of halogens is 2. The zero-order valence-corrected chi connectivity index (χ0v) is 12.1. The van der Waals surface area contributed by atoms with Gasteiger partial charge < -0.3 is 10.2 Å². The van der Waals surface area contributed by atoms with Crippen molar-refractivity contribution < 1.29 is 19.4 Å². The minimum Gasteiger partial charge on any atom is -0.481 e. The van der Waals surface area contributed by atoms with Crippen molar-refractivity contribution in [3.8, 4) is 0 Å². The van der Waals surface area contributed by atoms with Gasteiger partial charge in [0.2, 0.25) is 0 Å². The minimum absolute atomic E-state index is 0.299. The molecule has 0 aromatic carbocycles. The van der Waals surface area contributed by atoms with E-state index in [1.807, 2.05) is 6.92 Å². The van der Waals surface area contributed by atoms with Crippen LogP contribution in [0.2, 0.25) is 0 Å². The summed E-state index contributed by atoms with van der Waals surface area (Å²) < 4.78 is 11.6. The smallest absolute Gasteiger partial charge is 0.303 e. The summed E-state index contributed by atoms with van der Waals surface area (Å²) in [6.07, 6.45) is 4.80. The molecule has 0 amide bonds. The van der Waals surface area contributed by atoms with Crippen molar-refractivity contribution in [2.45, 2.75) is 64.6 Å². The number of alkyl halides is 2. The quantitative estimate of drug-likeness (QED) is 0.501. The highest BCUT2D eigenvalue weighted by molar-refractivity contribution is 9.09. The summed E-state index contributed by atoms with van der Waals surface area (Å²) >= 11 is 3.27. The molecule has 0 aliphatic rings. The average Bonchev–Trinajstić information content (AvgIpc) is 2.25. The van der Waals surface area contributed by atoms with E-state index in [-0.39, 0.29) is 0 Å². The molecule has 0 bridgehead atoms. The molecule has 0 spiro atoms. The molecule has 104 valence electrons. The van der Waals surface area contributed by atoms with Gasteiger partial charge in [-0.1, -0.05) is 42.1 Å². The maximum atomic E-state index is 11.6. The Morgan fingerprint density at radius 2 is 1.88 bits per heavy atom. The molecule has 1 atom stereocenters. The van der Waals surface area contributed by atoms with Gasteiger partial charge in [0.15, 0.2) is 6.36 Å². The second-order valence-corrected chi connectivity index (χ2v) is 4.62. The molecule has 0 aromatic heterocycles. The first-order valence-electron chi connectivity index (χ1n) is 6.14. The maximum Gasteiger partial charge on any atom is 0.303 e. The second kappa shape index (κ2) is 15.8. The van der Waals surface area contributed by atoms with Gasteiger partial charge in [0.1, 0.15) is 0 Å². The lowest BCUT2D eigenvalue weighted by Gasteiger charge is -1.96. The first-order valence-corrected chi connectivity index (χ1v) is 7.26. The predicted octanol–water partition coefficient (Wildman–Crippen LogP) is 3.88. The first-order chi connectivity index (χ1) is 8.04. The molecule has 1 unspecified atom stereocenters. The van der Waals surface area contributed by atoms with Crippen LogP contribution in [0, 0.1) is 0 Å². The van der Waals surface area contributed by atoms with Gasteiger partial charge in [-0.15, -0.1) is 0 Å². The Labute approximate surface area is 112 Å². The van der Waals surface area contributed by atoms with Crippen LogP contribution in [-0.2, 0) is 4.79 Å². The highest BCUT2D eigenvalue weighted by Crippen LogP contribution is 2.02. The van der Waals surface area contributed by atoms with Gasteiger partial charge in [0.25, 0.3) is 0 Å². The maximum absolute atomic E-state index is 11.6. The molecule has 0 radical (unpaired) electrons. The van der Waals surface area contributed by atoms with E-state index in [9.17, 15) is 9.18 Å². The highest BCUT2D eigenvalue weighted by Gasteiger charge is 1.96. The third kappa shape index (κ3) is 25.8. The van der Waals surface area contributed by atoms with Crippen molar-refractivity contribution in [3.63, 3.8) is 0 Å². The molecule has 0 saturated heterocycles. The summed E-state index contributed by atoms with van der Waals surface area (Å²) in [4.78, 5) is 9.95. The van der Waals surface area contributed by atoms with E-state index < -0.39 is 12.3 Å². The summed E-state index contributed by atoms with van der Waals surface area (Å²) in [5.41, 5.74) is 0. The van der Waals surface area contributed by atoms with Crippen LogP contribution in [0.1, 0.15) is 58.3 Å². The molecule has 0 aromatic rings. The van der Waals surface area contributed by atoms with Crippen molar-refractivity contribution in [3.05, 3.63) is 0 Å². The third-order valence-corrected chi connectivity index (χ3v) is 2.63. The summed E-state index contributed by atoms with van der Waals surface area (Å²) in [5, 5.41) is 17.3. The molecule has 2 N–H and O–H groups in total. The van der Waals surface area contributed by atoms with Crippen molar-refractivity contribution in [2.24, 2.45) is 0 Å². The predicted molar refractivity (Wildman–Crippen MR) is 71.2 cm³/mol. The fourth-order valence-electron chi connectivity index (χ4n) is 1.11. The van der Waals surface area contributed by atoms with E-state index in [4.69, 9.17) is 10.2 Å². The van der Waals surface area contributed by atoms with Crippen LogP contribution < -0.4 is 0 Å². The fourth-order valence-corrected chi connectivity index (χ4v) is 1.51. The van der Waals surface area contributed by atoms with Crippen LogP contribution in [0.4, 0.5) is 4.39 Å². The van der Waals surface area contributed by atoms with Gasteiger partial charge in [-0.3, -0.25) is 4.79 Å². The van der Waals surface area contributed by atoms with Gasteiger partial charge in [-0.25, -0.2) is 4.39 Å². The highest BCUT2D eigenvalue weighted by atomic mass is 79.9. The van der Waals surface area contributed by atoms with Crippen molar-refractivity contribution in [1.29, 1.82) is 0 Å². The number of hydrogen-bond acceptors (Lipinski definition) is 2. The Morgan fingerprint density at radius 1 is 1.24 bits per heavy atom. The van der Waals surface area contributed by atoms with E-state index in [1.54, 1.807) is 0 Å². The number of unbranched alkanes of at least 4 members (excludes halogenated alkanes) is 4. The molecule has 0 aliphatic heterocycles.